The van der Waals surface area contributed by atoms with Gasteiger partial charge in [-0.05, 0) is 37.1 Å². The highest BCUT2D eigenvalue weighted by molar-refractivity contribution is 5.30. The molecule has 24 heavy (non-hydrogen) atoms. The lowest BCUT2D eigenvalue weighted by molar-refractivity contribution is 0.187. The molecule has 128 valence electrons. The van der Waals surface area contributed by atoms with Gasteiger partial charge in [-0.2, -0.15) is 15.0 Å². The van der Waals surface area contributed by atoms with E-state index in [9.17, 15) is 0 Å². The van der Waals surface area contributed by atoms with Crippen molar-refractivity contribution in [2.24, 2.45) is 0 Å². The Bertz CT molecular complexity index is 655. The maximum atomic E-state index is 5.70. The molecule has 0 bridgehead atoms. The van der Waals surface area contributed by atoms with Gasteiger partial charge in [-0.25, -0.2) is 0 Å². The number of rotatable bonds is 4. The monoisotopic (exact) mass is 328 g/mol. The molecule has 1 aliphatic rings. The number of aromatic nitrogens is 3. The molecule has 0 aliphatic carbocycles. The fourth-order valence-corrected chi connectivity index (χ4v) is 3.27. The predicted molar refractivity (Wildman–Crippen MR) is 93.3 cm³/mol. The number of hydrogen-bond donors (Lipinski definition) is 2. The Morgan fingerprint density at radius 3 is 2.42 bits per heavy atom. The van der Waals surface area contributed by atoms with Crippen molar-refractivity contribution in [1.29, 1.82) is 0 Å². The number of anilines is 2. The summed E-state index contributed by atoms with van der Waals surface area (Å²) in [5.74, 6) is 1.85. The van der Waals surface area contributed by atoms with Crippen molar-refractivity contribution in [1.82, 2.24) is 19.9 Å². The number of likely N-dealkylation sites (tertiary alicyclic amines) is 1. The number of nitrogens with two attached hydrogens (primary N) is 2. The summed E-state index contributed by atoms with van der Waals surface area (Å²) in [6.07, 6.45) is 4.74. The van der Waals surface area contributed by atoms with Gasteiger partial charge in [0.2, 0.25) is 11.9 Å². The fraction of sp³-hybridized carbons (Fsp3) is 0.471. The molecule has 7 heteroatoms. The number of methoxy groups -OCH3 is 1. The molecule has 2 heterocycles. The molecule has 1 saturated heterocycles. The SMILES string of the molecule is COc1ccc([C@@H]2CCCCCN2Cc2nc(N)nc(N)n2)cc1. The van der Waals surface area contributed by atoms with Crippen LogP contribution in [0.4, 0.5) is 11.9 Å². The third-order valence-electron chi connectivity index (χ3n) is 4.43. The number of nitrogens with zero attached hydrogens (tertiary/aromatic N) is 4. The van der Waals surface area contributed by atoms with Crippen LogP contribution in [0.1, 0.15) is 43.1 Å². The van der Waals surface area contributed by atoms with E-state index in [1.54, 1.807) is 7.11 Å². The van der Waals surface area contributed by atoms with E-state index in [1.807, 2.05) is 12.1 Å². The van der Waals surface area contributed by atoms with Crippen LogP contribution in [0, 0.1) is 0 Å². The van der Waals surface area contributed by atoms with Crippen LogP contribution in [0.3, 0.4) is 0 Å². The van der Waals surface area contributed by atoms with Crippen molar-refractivity contribution < 1.29 is 4.74 Å². The molecule has 0 radical (unpaired) electrons. The Labute approximate surface area is 142 Å². The van der Waals surface area contributed by atoms with Gasteiger partial charge in [-0.1, -0.05) is 25.0 Å². The van der Waals surface area contributed by atoms with Gasteiger partial charge in [0.25, 0.3) is 0 Å². The lowest BCUT2D eigenvalue weighted by atomic mass is 10.0. The Morgan fingerprint density at radius 2 is 1.75 bits per heavy atom. The van der Waals surface area contributed by atoms with Gasteiger partial charge in [0.15, 0.2) is 0 Å². The third kappa shape index (κ3) is 3.91. The minimum atomic E-state index is 0.174. The van der Waals surface area contributed by atoms with E-state index in [2.05, 4.69) is 32.0 Å². The molecule has 1 atom stereocenters. The maximum Gasteiger partial charge on any atom is 0.225 e. The first-order valence-electron chi connectivity index (χ1n) is 8.29. The second kappa shape index (κ2) is 7.44. The van der Waals surface area contributed by atoms with Crippen LogP contribution >= 0.6 is 0 Å². The molecule has 4 N–H and O–H groups in total. The number of ether oxygens (including phenoxy) is 1. The summed E-state index contributed by atoms with van der Waals surface area (Å²) >= 11 is 0. The second-order valence-electron chi connectivity index (χ2n) is 6.08. The lowest BCUT2D eigenvalue weighted by Gasteiger charge is -2.29. The highest BCUT2D eigenvalue weighted by atomic mass is 16.5. The molecular weight excluding hydrogens is 304 g/mol. The zero-order valence-electron chi connectivity index (χ0n) is 14.0. The Balaban J connectivity index is 1.83. The van der Waals surface area contributed by atoms with Crippen LogP contribution in [0.2, 0.25) is 0 Å². The molecule has 0 unspecified atom stereocenters. The highest BCUT2D eigenvalue weighted by Crippen LogP contribution is 2.32. The van der Waals surface area contributed by atoms with Crippen molar-refractivity contribution in [2.75, 3.05) is 25.1 Å². The molecule has 1 aromatic heterocycles. The van der Waals surface area contributed by atoms with Gasteiger partial charge in [0.05, 0.1) is 13.7 Å². The van der Waals surface area contributed by atoms with Crippen molar-refractivity contribution in [3.63, 3.8) is 0 Å². The van der Waals surface area contributed by atoms with E-state index in [0.717, 1.165) is 18.7 Å². The van der Waals surface area contributed by atoms with Gasteiger partial charge in [0, 0.05) is 6.04 Å². The molecule has 1 fully saturated rings. The molecule has 0 spiro atoms. The molecular formula is C17H24N6O. The number of benzene rings is 1. The molecule has 7 nitrogen and oxygen atoms in total. The van der Waals surface area contributed by atoms with Gasteiger partial charge in [-0.15, -0.1) is 0 Å². The summed E-state index contributed by atoms with van der Waals surface area (Å²) in [7, 11) is 1.68. The number of hydrogen-bond acceptors (Lipinski definition) is 7. The molecule has 1 aliphatic heterocycles. The summed E-state index contributed by atoms with van der Waals surface area (Å²) in [6.45, 7) is 1.62. The van der Waals surface area contributed by atoms with E-state index in [0.29, 0.717) is 18.4 Å². The van der Waals surface area contributed by atoms with Crippen LogP contribution in [-0.2, 0) is 6.54 Å². The van der Waals surface area contributed by atoms with Crippen LogP contribution in [0.25, 0.3) is 0 Å². The van der Waals surface area contributed by atoms with Crippen LogP contribution in [0.15, 0.2) is 24.3 Å². The Morgan fingerprint density at radius 1 is 1.04 bits per heavy atom. The van der Waals surface area contributed by atoms with Crippen LogP contribution in [0.5, 0.6) is 5.75 Å². The molecule has 0 amide bonds. The predicted octanol–water partition coefficient (Wildman–Crippen LogP) is 2.16. The first-order chi connectivity index (χ1) is 11.7. The normalized spacial score (nSPS) is 19.0. The maximum absolute atomic E-state index is 5.70. The first-order valence-corrected chi connectivity index (χ1v) is 8.29. The highest BCUT2D eigenvalue weighted by Gasteiger charge is 2.24. The van der Waals surface area contributed by atoms with Crippen LogP contribution in [-0.4, -0.2) is 33.5 Å². The molecule has 2 aromatic rings. The van der Waals surface area contributed by atoms with Gasteiger partial charge >= 0.3 is 0 Å². The summed E-state index contributed by atoms with van der Waals surface area (Å²) < 4.78 is 5.26. The summed E-state index contributed by atoms with van der Waals surface area (Å²) in [5, 5.41) is 0. The minimum absolute atomic E-state index is 0.174. The standard InChI is InChI=1S/C17H24N6O/c1-24-13-8-6-12(7-9-13)14-5-3-2-4-10-23(14)11-15-20-16(18)22-17(19)21-15/h6-9,14H,2-5,10-11H2,1H3,(H4,18,19,20,21,22)/t14-/m0/s1. The molecule has 0 saturated carbocycles. The van der Waals surface area contributed by atoms with Crippen molar-refractivity contribution in [2.45, 2.75) is 38.3 Å². The van der Waals surface area contributed by atoms with Crippen molar-refractivity contribution in [3.8, 4) is 5.75 Å². The van der Waals surface area contributed by atoms with Crippen LogP contribution < -0.4 is 16.2 Å². The van der Waals surface area contributed by atoms with E-state index < -0.39 is 0 Å². The average Bonchev–Trinajstić information content (AvgIpc) is 2.79. The van der Waals surface area contributed by atoms with Crippen molar-refractivity contribution >= 4 is 11.9 Å². The zero-order valence-corrected chi connectivity index (χ0v) is 14.0. The van der Waals surface area contributed by atoms with E-state index in [4.69, 9.17) is 16.2 Å². The summed E-state index contributed by atoms with van der Waals surface area (Å²) in [5.41, 5.74) is 12.7. The summed E-state index contributed by atoms with van der Waals surface area (Å²) in [6, 6.07) is 8.63. The summed E-state index contributed by atoms with van der Waals surface area (Å²) in [4.78, 5) is 14.7. The number of nitrogen functional groups attached to an aromatic ring is 2. The molecule has 1 aromatic carbocycles. The largest absolute Gasteiger partial charge is 0.497 e. The minimum Gasteiger partial charge on any atom is -0.497 e. The first kappa shape index (κ1) is 16.4. The fourth-order valence-electron chi connectivity index (χ4n) is 3.27. The quantitative estimate of drug-likeness (QED) is 0.886. The van der Waals surface area contributed by atoms with E-state index >= 15 is 0 Å². The Kier molecular flexibility index (Phi) is 5.10. The lowest BCUT2D eigenvalue weighted by Crippen LogP contribution is -2.29. The Hall–Kier alpha value is -2.41. The van der Waals surface area contributed by atoms with Gasteiger partial charge in [0.1, 0.15) is 11.6 Å². The second-order valence-corrected chi connectivity index (χ2v) is 6.08. The third-order valence-corrected chi connectivity index (χ3v) is 4.43. The van der Waals surface area contributed by atoms with Gasteiger partial charge in [-0.3, -0.25) is 4.90 Å². The zero-order chi connectivity index (χ0) is 16.9. The van der Waals surface area contributed by atoms with Gasteiger partial charge < -0.3 is 16.2 Å². The van der Waals surface area contributed by atoms with Crippen molar-refractivity contribution in [3.05, 3.63) is 35.7 Å². The van der Waals surface area contributed by atoms with E-state index in [-0.39, 0.29) is 11.9 Å². The topological polar surface area (TPSA) is 103 Å². The average molecular weight is 328 g/mol. The molecule has 3 rings (SSSR count). The smallest absolute Gasteiger partial charge is 0.225 e. The van der Waals surface area contributed by atoms with E-state index in [1.165, 1.54) is 24.8 Å².